The number of halogens is 2. The third kappa shape index (κ3) is 21.7. The van der Waals surface area contributed by atoms with E-state index in [9.17, 15) is 9.59 Å². The van der Waals surface area contributed by atoms with Gasteiger partial charge in [-0.05, 0) is 12.8 Å². The van der Waals surface area contributed by atoms with Gasteiger partial charge in [0, 0.05) is 12.8 Å². The zero-order chi connectivity index (χ0) is 11.5. The van der Waals surface area contributed by atoms with Gasteiger partial charge in [-0.3, -0.25) is 9.59 Å². The molecule has 0 atom stereocenters. The fourth-order valence-corrected chi connectivity index (χ4v) is 1.44. The normalized spacial score (nSPS) is 8.94. The van der Waals surface area contributed by atoms with Crippen molar-refractivity contribution < 1.29 is 19.8 Å². The number of hydrogen-bond acceptors (Lipinski definition) is 2. The Morgan fingerprint density at radius 2 is 0.824 bits per heavy atom. The summed E-state index contributed by atoms with van der Waals surface area (Å²) in [4.78, 5) is 20.4. The number of unbranched alkanes of at least 4 members (excludes halogenated alkanes) is 6. The first-order chi connectivity index (χ1) is 7.13. The molecule has 0 radical (unpaired) electrons. The van der Waals surface area contributed by atoms with Crippen molar-refractivity contribution in [3.8, 4) is 0 Å². The van der Waals surface area contributed by atoms with E-state index < -0.39 is 11.9 Å². The number of rotatable bonds is 10. The SMILES string of the molecule is Br.Br.O=C(O)CCCCCCCCCC(=O)O. The van der Waals surface area contributed by atoms with Crippen molar-refractivity contribution in [2.75, 3.05) is 0 Å². The summed E-state index contributed by atoms with van der Waals surface area (Å²) in [7, 11) is 0. The minimum absolute atomic E-state index is 0. The molecule has 0 aliphatic carbocycles. The number of carbonyl (C=O) groups is 2. The molecular weight excluding hydrogens is 356 g/mol. The molecule has 6 heteroatoms. The Bertz CT molecular complexity index is 178. The van der Waals surface area contributed by atoms with Crippen molar-refractivity contribution in [1.82, 2.24) is 0 Å². The zero-order valence-corrected chi connectivity index (χ0v) is 13.3. The van der Waals surface area contributed by atoms with Gasteiger partial charge < -0.3 is 10.2 Å². The molecule has 0 aromatic heterocycles. The van der Waals surface area contributed by atoms with E-state index in [0.717, 1.165) is 44.9 Å². The molecule has 0 rings (SSSR count). The molecule has 0 fully saturated rings. The zero-order valence-electron chi connectivity index (χ0n) is 9.89. The van der Waals surface area contributed by atoms with Crippen LogP contribution in [0.2, 0.25) is 0 Å². The maximum atomic E-state index is 10.2. The van der Waals surface area contributed by atoms with Crippen LogP contribution in [-0.4, -0.2) is 22.2 Å². The second-order valence-electron chi connectivity index (χ2n) is 3.76. The lowest BCUT2D eigenvalue weighted by Crippen LogP contribution is -1.94. The van der Waals surface area contributed by atoms with Crippen LogP contribution in [-0.2, 0) is 9.59 Å². The maximum absolute atomic E-state index is 10.2. The fourth-order valence-electron chi connectivity index (χ4n) is 1.44. The van der Waals surface area contributed by atoms with Gasteiger partial charge in [0.15, 0.2) is 0 Å². The van der Waals surface area contributed by atoms with E-state index in [2.05, 4.69) is 0 Å². The Kier molecular flexibility index (Phi) is 20.7. The highest BCUT2D eigenvalue weighted by Gasteiger charge is 1.98. The summed E-state index contributed by atoms with van der Waals surface area (Å²) < 4.78 is 0. The molecular formula is C11H22Br2O4. The van der Waals surface area contributed by atoms with Crippen molar-refractivity contribution in [3.05, 3.63) is 0 Å². The van der Waals surface area contributed by atoms with E-state index in [4.69, 9.17) is 10.2 Å². The van der Waals surface area contributed by atoms with E-state index in [1.54, 1.807) is 0 Å². The molecule has 17 heavy (non-hydrogen) atoms. The number of aliphatic carboxylic acids is 2. The van der Waals surface area contributed by atoms with Gasteiger partial charge in [-0.2, -0.15) is 0 Å². The first-order valence-corrected chi connectivity index (χ1v) is 5.56. The first kappa shape index (κ1) is 22.1. The van der Waals surface area contributed by atoms with Crippen molar-refractivity contribution in [1.29, 1.82) is 0 Å². The lowest BCUT2D eigenvalue weighted by Gasteiger charge is -1.99. The molecule has 0 aromatic rings. The van der Waals surface area contributed by atoms with Gasteiger partial charge in [-0.25, -0.2) is 0 Å². The molecule has 0 saturated carbocycles. The highest BCUT2D eigenvalue weighted by Crippen LogP contribution is 2.09. The van der Waals surface area contributed by atoms with Gasteiger partial charge in [0.1, 0.15) is 0 Å². The van der Waals surface area contributed by atoms with Crippen LogP contribution in [0.4, 0.5) is 0 Å². The summed E-state index contributed by atoms with van der Waals surface area (Å²) in [5.74, 6) is -1.45. The quantitative estimate of drug-likeness (QED) is 0.567. The lowest BCUT2D eigenvalue weighted by atomic mass is 10.1. The first-order valence-electron chi connectivity index (χ1n) is 5.56. The molecule has 0 unspecified atom stereocenters. The molecule has 0 bridgehead atoms. The highest BCUT2D eigenvalue weighted by atomic mass is 79.9. The van der Waals surface area contributed by atoms with Gasteiger partial charge in [0.2, 0.25) is 0 Å². The van der Waals surface area contributed by atoms with Crippen LogP contribution in [0.25, 0.3) is 0 Å². The van der Waals surface area contributed by atoms with Gasteiger partial charge >= 0.3 is 11.9 Å². The third-order valence-electron chi connectivity index (χ3n) is 2.28. The van der Waals surface area contributed by atoms with Gasteiger partial charge in [0.25, 0.3) is 0 Å². The monoisotopic (exact) mass is 376 g/mol. The Morgan fingerprint density at radius 1 is 0.588 bits per heavy atom. The minimum Gasteiger partial charge on any atom is -0.481 e. The topological polar surface area (TPSA) is 74.6 Å². The Morgan fingerprint density at radius 3 is 1.06 bits per heavy atom. The summed E-state index contributed by atoms with van der Waals surface area (Å²) in [6.45, 7) is 0. The average Bonchev–Trinajstić information content (AvgIpc) is 2.14. The second kappa shape index (κ2) is 15.9. The number of carboxylic acid groups (broad SMARTS) is 2. The van der Waals surface area contributed by atoms with Crippen molar-refractivity contribution in [3.63, 3.8) is 0 Å². The molecule has 0 saturated heterocycles. The van der Waals surface area contributed by atoms with Gasteiger partial charge in [-0.1, -0.05) is 32.1 Å². The Labute approximate surface area is 123 Å². The standard InChI is InChI=1S/C11H20O4.2BrH/c12-10(13)8-6-4-2-1-3-5-7-9-11(14)15;;/h1-9H2,(H,12,13)(H,14,15);2*1H. The van der Waals surface area contributed by atoms with E-state index >= 15 is 0 Å². The minimum atomic E-state index is -0.726. The van der Waals surface area contributed by atoms with E-state index in [0.29, 0.717) is 0 Å². The van der Waals surface area contributed by atoms with Crippen LogP contribution < -0.4 is 0 Å². The molecule has 4 nitrogen and oxygen atoms in total. The van der Waals surface area contributed by atoms with Crippen LogP contribution >= 0.6 is 34.0 Å². The summed E-state index contributed by atoms with van der Waals surface area (Å²) in [6, 6.07) is 0. The van der Waals surface area contributed by atoms with Crippen LogP contribution in [0.5, 0.6) is 0 Å². The largest absolute Gasteiger partial charge is 0.481 e. The summed E-state index contributed by atoms with van der Waals surface area (Å²) >= 11 is 0. The molecule has 0 spiro atoms. The molecule has 0 amide bonds. The van der Waals surface area contributed by atoms with Crippen LogP contribution in [0.15, 0.2) is 0 Å². The summed E-state index contributed by atoms with van der Waals surface area (Å²) in [6.07, 6.45) is 7.16. The van der Waals surface area contributed by atoms with Crippen LogP contribution in [0, 0.1) is 0 Å². The van der Waals surface area contributed by atoms with Crippen molar-refractivity contribution in [2.45, 2.75) is 57.8 Å². The summed E-state index contributed by atoms with van der Waals surface area (Å²) in [5.41, 5.74) is 0. The predicted octanol–water partition coefficient (Wildman–Crippen LogP) is 3.82. The predicted molar refractivity (Wildman–Crippen MR) is 77.5 cm³/mol. The Balaban J connectivity index is -0.000000980. The fraction of sp³-hybridized carbons (Fsp3) is 0.818. The molecule has 2 N–H and O–H groups in total. The van der Waals surface area contributed by atoms with Crippen molar-refractivity contribution in [2.24, 2.45) is 0 Å². The molecule has 0 aromatic carbocycles. The van der Waals surface area contributed by atoms with Gasteiger partial charge in [0.05, 0.1) is 0 Å². The molecule has 0 aliphatic heterocycles. The van der Waals surface area contributed by atoms with Crippen molar-refractivity contribution >= 4 is 45.9 Å². The lowest BCUT2D eigenvalue weighted by molar-refractivity contribution is -0.138. The third-order valence-corrected chi connectivity index (χ3v) is 2.28. The maximum Gasteiger partial charge on any atom is 0.303 e. The number of carboxylic acids is 2. The number of hydrogen-bond donors (Lipinski definition) is 2. The molecule has 104 valence electrons. The summed E-state index contributed by atoms with van der Waals surface area (Å²) in [5, 5.41) is 16.8. The van der Waals surface area contributed by atoms with Crippen LogP contribution in [0.3, 0.4) is 0 Å². The second-order valence-corrected chi connectivity index (χ2v) is 3.76. The van der Waals surface area contributed by atoms with E-state index in [1.807, 2.05) is 0 Å². The van der Waals surface area contributed by atoms with E-state index in [-0.39, 0.29) is 46.8 Å². The molecule has 0 heterocycles. The highest BCUT2D eigenvalue weighted by molar-refractivity contribution is 8.93. The van der Waals surface area contributed by atoms with Crippen LogP contribution in [0.1, 0.15) is 57.8 Å². The van der Waals surface area contributed by atoms with E-state index in [1.165, 1.54) is 0 Å². The molecule has 0 aliphatic rings. The smallest absolute Gasteiger partial charge is 0.303 e. The Hall–Kier alpha value is -0.100. The average molecular weight is 378 g/mol. The van der Waals surface area contributed by atoms with Gasteiger partial charge in [-0.15, -0.1) is 34.0 Å².